The zero-order chi connectivity index (χ0) is 16.1. The molecular weight excluding hydrogens is 296 g/mol. The Balaban J connectivity index is 1.94. The third-order valence-corrected chi connectivity index (χ3v) is 2.46. The number of nitrogens with zero attached hydrogens (tertiary/aromatic N) is 4. The highest BCUT2D eigenvalue weighted by atomic mass is 16.8. The average molecular weight is 307 g/mol. The molecule has 0 aliphatic rings. The summed E-state index contributed by atoms with van der Waals surface area (Å²) in [6, 6.07) is 3.89. The molecular formula is C11H11N6O5-. The number of phenols is 2. The van der Waals surface area contributed by atoms with E-state index >= 15 is 0 Å². The van der Waals surface area contributed by atoms with Crippen molar-refractivity contribution >= 4 is 12.1 Å². The zero-order valence-electron chi connectivity index (χ0n) is 11.0. The average Bonchev–Trinajstić information content (AvgIpc) is 2.90. The summed E-state index contributed by atoms with van der Waals surface area (Å²) < 4.78 is 1.11. The van der Waals surface area contributed by atoms with Gasteiger partial charge in [0, 0.05) is 11.6 Å². The van der Waals surface area contributed by atoms with Gasteiger partial charge in [-0.2, -0.15) is 10.2 Å². The smallest absolute Gasteiger partial charge is 0.411 e. The van der Waals surface area contributed by atoms with Crippen LogP contribution in [0.2, 0.25) is 0 Å². The van der Waals surface area contributed by atoms with Crippen molar-refractivity contribution in [2.45, 2.75) is 6.54 Å². The van der Waals surface area contributed by atoms with Crippen LogP contribution in [0, 0.1) is 10.4 Å². The van der Waals surface area contributed by atoms with E-state index < -0.39 is 16.4 Å². The fourth-order valence-corrected chi connectivity index (χ4v) is 1.48. The molecule has 0 bridgehead atoms. The Morgan fingerprint density at radius 3 is 2.91 bits per heavy atom. The molecule has 1 heterocycles. The Labute approximate surface area is 122 Å². The number of aromatic hydroxyl groups is 2. The summed E-state index contributed by atoms with van der Waals surface area (Å²) in [5, 5.41) is 45.4. The summed E-state index contributed by atoms with van der Waals surface area (Å²) in [5.74, 6) is -0.856. The SMILES string of the molecule is O=C(Cn1cnc(=[N+]([O-])[O-])[nH]1)N/N=C/c1ccc(O)cc1O. The molecule has 22 heavy (non-hydrogen) atoms. The van der Waals surface area contributed by atoms with E-state index in [0.717, 1.165) is 17.1 Å². The molecule has 0 fully saturated rings. The number of nitrogens with one attached hydrogen (secondary N) is 2. The van der Waals surface area contributed by atoms with Crippen molar-refractivity contribution in [2.24, 2.45) is 5.10 Å². The van der Waals surface area contributed by atoms with Crippen molar-refractivity contribution < 1.29 is 15.0 Å². The first-order valence-corrected chi connectivity index (χ1v) is 5.88. The summed E-state index contributed by atoms with van der Waals surface area (Å²) in [5.41, 5.74) is 1.99. The first-order chi connectivity index (χ1) is 10.5. The van der Waals surface area contributed by atoms with Crippen LogP contribution in [0.5, 0.6) is 11.5 Å². The molecule has 0 saturated heterocycles. The second-order valence-corrected chi connectivity index (χ2v) is 4.10. The van der Waals surface area contributed by atoms with E-state index in [2.05, 4.69) is 20.6 Å². The van der Waals surface area contributed by atoms with Gasteiger partial charge in [-0.1, -0.05) is 4.98 Å². The van der Waals surface area contributed by atoms with Crippen LogP contribution in [0.4, 0.5) is 0 Å². The summed E-state index contributed by atoms with van der Waals surface area (Å²) in [4.78, 5) is 14.3. The van der Waals surface area contributed by atoms with Crippen molar-refractivity contribution in [3.05, 3.63) is 46.1 Å². The summed E-state index contributed by atoms with van der Waals surface area (Å²) >= 11 is 0. The number of phenolic OH excluding ortho intramolecular Hbond substituents is 2. The van der Waals surface area contributed by atoms with Crippen molar-refractivity contribution in [1.29, 1.82) is 0 Å². The number of aromatic nitrogens is 3. The van der Waals surface area contributed by atoms with Crippen LogP contribution < -0.4 is 15.9 Å². The van der Waals surface area contributed by atoms with Gasteiger partial charge in [0.1, 0.15) is 18.0 Å². The molecule has 2 rings (SSSR count). The molecule has 1 aromatic carbocycles. The summed E-state index contributed by atoms with van der Waals surface area (Å²) in [7, 11) is 0. The molecule has 0 aliphatic carbocycles. The standard InChI is InChI=1S/C11H11N6O5/c18-8-2-1-7(9(19)3-8)4-13-14-10(20)5-16-6-12-11(15-16)17(21)22/h1-4,6,15H,5H2,(H3-,13,14,18,19,20,21,22)/q-1. The molecule has 1 aromatic heterocycles. The number of rotatable bonds is 4. The van der Waals surface area contributed by atoms with Crippen LogP contribution in [0.1, 0.15) is 5.56 Å². The third-order valence-electron chi connectivity index (χ3n) is 2.46. The van der Waals surface area contributed by atoms with Gasteiger partial charge in [-0.3, -0.25) is 9.70 Å². The normalized spacial score (nSPS) is 10.7. The number of amides is 1. The second-order valence-electron chi connectivity index (χ2n) is 4.10. The lowest BCUT2D eigenvalue weighted by Gasteiger charge is -2.08. The fraction of sp³-hybridized carbons (Fsp3) is 0.0909. The molecule has 0 radical (unpaired) electrons. The van der Waals surface area contributed by atoms with Gasteiger partial charge in [0.15, 0.2) is 0 Å². The number of aromatic amines is 1. The van der Waals surface area contributed by atoms with E-state index in [1.54, 1.807) is 0 Å². The first-order valence-electron chi connectivity index (χ1n) is 5.88. The minimum Gasteiger partial charge on any atom is -0.744 e. The Hall–Kier alpha value is -3.50. The van der Waals surface area contributed by atoms with Crippen molar-refractivity contribution in [3.63, 3.8) is 0 Å². The molecule has 4 N–H and O–H groups in total. The molecule has 0 unspecified atom stereocenters. The maximum absolute atomic E-state index is 11.6. The number of hydrogen-bond donors (Lipinski definition) is 4. The van der Waals surface area contributed by atoms with Gasteiger partial charge >= 0.3 is 5.62 Å². The highest BCUT2D eigenvalue weighted by Gasteiger charge is 2.05. The van der Waals surface area contributed by atoms with Gasteiger partial charge in [0.2, 0.25) is 6.33 Å². The Morgan fingerprint density at radius 2 is 2.27 bits per heavy atom. The summed E-state index contributed by atoms with van der Waals surface area (Å²) in [6.07, 6.45) is 2.29. The largest absolute Gasteiger partial charge is 0.744 e. The van der Waals surface area contributed by atoms with Crippen molar-refractivity contribution in [3.8, 4) is 11.5 Å². The lowest BCUT2D eigenvalue weighted by Crippen LogP contribution is -2.26. The predicted octanol–water partition coefficient (Wildman–Crippen LogP) is -1.46. The van der Waals surface area contributed by atoms with Crippen molar-refractivity contribution in [1.82, 2.24) is 25.1 Å². The number of carbonyl (C=O) groups is 1. The van der Waals surface area contributed by atoms with Gasteiger partial charge < -0.3 is 20.6 Å². The van der Waals surface area contributed by atoms with Crippen LogP contribution in [-0.2, 0) is 11.3 Å². The second kappa shape index (κ2) is 6.30. The maximum Gasteiger partial charge on any atom is 0.411 e. The number of benzene rings is 1. The first kappa shape index (κ1) is 14.9. The zero-order valence-corrected chi connectivity index (χ0v) is 11.0. The number of carbonyl (C=O) groups excluding carboxylic acids is 1. The van der Waals surface area contributed by atoms with Gasteiger partial charge in [-0.15, -0.1) is 0 Å². The van der Waals surface area contributed by atoms with Crippen LogP contribution >= 0.6 is 0 Å². The number of H-pyrrole nitrogens is 1. The van der Waals surface area contributed by atoms with E-state index in [0.29, 0.717) is 5.56 Å². The molecule has 0 spiro atoms. The molecule has 0 aliphatic heterocycles. The Morgan fingerprint density at radius 1 is 1.50 bits per heavy atom. The van der Waals surface area contributed by atoms with E-state index in [1.807, 2.05) is 0 Å². The molecule has 1 amide bonds. The van der Waals surface area contributed by atoms with E-state index in [4.69, 9.17) is 5.11 Å². The minimum atomic E-state index is -0.722. The summed E-state index contributed by atoms with van der Waals surface area (Å²) in [6.45, 7) is -0.250. The maximum atomic E-state index is 11.6. The van der Waals surface area contributed by atoms with Gasteiger partial charge in [-0.05, 0) is 12.1 Å². The van der Waals surface area contributed by atoms with Crippen LogP contribution in [0.3, 0.4) is 0 Å². The van der Waals surface area contributed by atoms with Crippen LogP contribution in [0.25, 0.3) is 0 Å². The van der Waals surface area contributed by atoms with Gasteiger partial charge in [0.25, 0.3) is 5.91 Å². The lowest BCUT2D eigenvalue weighted by molar-refractivity contribution is -0.121. The molecule has 11 nitrogen and oxygen atoms in total. The molecule has 116 valence electrons. The highest BCUT2D eigenvalue weighted by Crippen LogP contribution is 2.20. The van der Waals surface area contributed by atoms with Gasteiger partial charge in [-0.25, -0.2) is 10.1 Å². The molecule has 0 saturated carbocycles. The molecule has 2 aromatic rings. The van der Waals surface area contributed by atoms with Crippen LogP contribution in [0.15, 0.2) is 29.6 Å². The number of hydrazone groups is 1. The highest BCUT2D eigenvalue weighted by molar-refractivity contribution is 5.85. The van der Waals surface area contributed by atoms with Crippen LogP contribution in [-0.4, -0.2) is 37.1 Å². The quantitative estimate of drug-likeness (QED) is 0.398. The molecule has 0 atom stereocenters. The minimum absolute atomic E-state index is 0.101. The van der Waals surface area contributed by atoms with E-state index in [-0.39, 0.29) is 18.0 Å². The van der Waals surface area contributed by atoms with E-state index in [9.17, 15) is 20.3 Å². The van der Waals surface area contributed by atoms with Gasteiger partial charge in [0.05, 0.1) is 6.21 Å². The Kier molecular flexibility index (Phi) is 4.27. The lowest BCUT2D eigenvalue weighted by atomic mass is 10.2. The Bertz CT molecular complexity index is 773. The van der Waals surface area contributed by atoms with E-state index in [1.165, 1.54) is 18.3 Å². The number of hydrogen-bond acceptors (Lipinski definition) is 7. The monoisotopic (exact) mass is 307 g/mol. The topological polar surface area (TPSA) is 165 Å². The predicted molar refractivity (Wildman–Crippen MR) is 74.1 cm³/mol. The fourth-order valence-electron chi connectivity index (χ4n) is 1.48. The third kappa shape index (κ3) is 3.75. The van der Waals surface area contributed by atoms with Crippen molar-refractivity contribution in [2.75, 3.05) is 0 Å². The molecule has 11 heteroatoms.